The molecule has 1 aliphatic rings. The van der Waals surface area contributed by atoms with E-state index in [0.717, 1.165) is 5.56 Å². The summed E-state index contributed by atoms with van der Waals surface area (Å²) in [5.41, 5.74) is 1.52. The molecule has 2 aromatic rings. The second-order valence-corrected chi connectivity index (χ2v) is 6.31. The Morgan fingerprint density at radius 3 is 2.69 bits per heavy atom. The van der Waals surface area contributed by atoms with Crippen molar-refractivity contribution in [1.29, 1.82) is 0 Å². The number of nitrogens with zero attached hydrogens (tertiary/aromatic N) is 2. The molecule has 1 saturated heterocycles. The molecule has 26 heavy (non-hydrogen) atoms. The van der Waals surface area contributed by atoms with Crippen LogP contribution in [0.5, 0.6) is 0 Å². The SMILES string of the molecule is O=C(NCc1cccc(Cl)c1)c1ccc(N2CCOCC2)c([N+](=O)[O-])c1. The van der Waals surface area contributed by atoms with E-state index in [1.165, 1.54) is 6.07 Å². The number of nitrogens with one attached hydrogen (secondary N) is 1. The molecule has 0 aliphatic carbocycles. The Morgan fingerprint density at radius 1 is 1.23 bits per heavy atom. The van der Waals surface area contributed by atoms with Crippen molar-refractivity contribution in [2.24, 2.45) is 0 Å². The van der Waals surface area contributed by atoms with E-state index in [-0.39, 0.29) is 17.2 Å². The maximum atomic E-state index is 12.4. The van der Waals surface area contributed by atoms with E-state index in [4.69, 9.17) is 16.3 Å². The zero-order valence-electron chi connectivity index (χ0n) is 14.0. The second kappa shape index (κ2) is 8.16. The largest absolute Gasteiger partial charge is 0.378 e. The molecule has 136 valence electrons. The number of hydrogen-bond donors (Lipinski definition) is 1. The minimum atomic E-state index is -0.460. The van der Waals surface area contributed by atoms with Crippen LogP contribution in [-0.2, 0) is 11.3 Å². The van der Waals surface area contributed by atoms with Crippen molar-refractivity contribution in [2.45, 2.75) is 6.54 Å². The van der Waals surface area contributed by atoms with E-state index in [2.05, 4.69) is 5.32 Å². The Labute approximate surface area is 155 Å². The molecule has 0 aromatic heterocycles. The van der Waals surface area contributed by atoms with Crippen LogP contribution in [0.2, 0.25) is 5.02 Å². The number of carbonyl (C=O) groups is 1. The van der Waals surface area contributed by atoms with Gasteiger partial charge in [0.2, 0.25) is 0 Å². The van der Waals surface area contributed by atoms with Crippen LogP contribution < -0.4 is 10.2 Å². The van der Waals surface area contributed by atoms with Crippen molar-refractivity contribution in [3.63, 3.8) is 0 Å². The molecule has 1 fully saturated rings. The van der Waals surface area contributed by atoms with Crippen LogP contribution in [0, 0.1) is 10.1 Å². The number of hydrogen-bond acceptors (Lipinski definition) is 5. The van der Waals surface area contributed by atoms with E-state index in [1.54, 1.807) is 30.3 Å². The van der Waals surface area contributed by atoms with Crippen LogP contribution in [0.15, 0.2) is 42.5 Å². The maximum absolute atomic E-state index is 12.4. The third kappa shape index (κ3) is 4.30. The van der Waals surface area contributed by atoms with Crippen LogP contribution in [0.1, 0.15) is 15.9 Å². The van der Waals surface area contributed by atoms with Crippen molar-refractivity contribution in [1.82, 2.24) is 5.32 Å². The minimum Gasteiger partial charge on any atom is -0.378 e. The number of benzene rings is 2. The van der Waals surface area contributed by atoms with Gasteiger partial charge in [0.05, 0.1) is 18.1 Å². The summed E-state index contributed by atoms with van der Waals surface area (Å²) in [5, 5.41) is 14.8. The van der Waals surface area contributed by atoms with E-state index >= 15 is 0 Å². The molecule has 0 spiro atoms. The number of nitro groups is 1. The van der Waals surface area contributed by atoms with Gasteiger partial charge in [-0.05, 0) is 29.8 Å². The Hall–Kier alpha value is -2.64. The highest BCUT2D eigenvalue weighted by Gasteiger charge is 2.23. The molecule has 7 nitrogen and oxygen atoms in total. The first-order valence-corrected chi connectivity index (χ1v) is 8.56. The Bertz CT molecular complexity index is 822. The molecule has 1 N–H and O–H groups in total. The summed E-state index contributed by atoms with van der Waals surface area (Å²) in [7, 11) is 0. The minimum absolute atomic E-state index is 0.0812. The molecule has 0 saturated carbocycles. The van der Waals surface area contributed by atoms with E-state index in [0.29, 0.717) is 43.6 Å². The smallest absolute Gasteiger partial charge is 0.293 e. The molecule has 0 radical (unpaired) electrons. The van der Waals surface area contributed by atoms with Gasteiger partial charge in [-0.15, -0.1) is 0 Å². The Kier molecular flexibility index (Phi) is 5.70. The molecule has 8 heteroatoms. The van der Waals surface area contributed by atoms with Crippen LogP contribution in [-0.4, -0.2) is 37.1 Å². The lowest BCUT2D eigenvalue weighted by molar-refractivity contribution is -0.384. The molecule has 1 aliphatic heterocycles. The van der Waals surface area contributed by atoms with Crippen LogP contribution >= 0.6 is 11.6 Å². The van der Waals surface area contributed by atoms with Crippen LogP contribution in [0.4, 0.5) is 11.4 Å². The van der Waals surface area contributed by atoms with E-state index in [9.17, 15) is 14.9 Å². The summed E-state index contributed by atoms with van der Waals surface area (Å²) >= 11 is 5.92. The Balaban J connectivity index is 1.75. The second-order valence-electron chi connectivity index (χ2n) is 5.87. The predicted molar refractivity (Wildman–Crippen MR) is 98.8 cm³/mol. The average Bonchev–Trinajstić information content (AvgIpc) is 2.66. The van der Waals surface area contributed by atoms with Gasteiger partial charge in [-0.2, -0.15) is 0 Å². The molecular formula is C18H18ClN3O4. The van der Waals surface area contributed by atoms with Gasteiger partial charge in [0.1, 0.15) is 5.69 Å². The van der Waals surface area contributed by atoms with Crippen molar-refractivity contribution >= 4 is 28.9 Å². The van der Waals surface area contributed by atoms with Gasteiger partial charge in [-0.1, -0.05) is 23.7 Å². The summed E-state index contributed by atoms with van der Waals surface area (Å²) in [6, 6.07) is 11.7. The quantitative estimate of drug-likeness (QED) is 0.641. The molecule has 3 rings (SSSR count). The third-order valence-corrected chi connectivity index (χ3v) is 4.36. The van der Waals surface area contributed by atoms with Crippen molar-refractivity contribution < 1.29 is 14.5 Å². The molecule has 0 atom stereocenters. The number of ether oxygens (including phenoxy) is 1. The highest BCUT2D eigenvalue weighted by Crippen LogP contribution is 2.30. The number of halogens is 1. The maximum Gasteiger partial charge on any atom is 0.293 e. The topological polar surface area (TPSA) is 84.7 Å². The number of carbonyl (C=O) groups excluding carboxylic acids is 1. The zero-order valence-corrected chi connectivity index (χ0v) is 14.7. The van der Waals surface area contributed by atoms with Gasteiger partial charge in [0.15, 0.2) is 0 Å². The van der Waals surface area contributed by atoms with E-state index in [1.807, 2.05) is 11.0 Å². The lowest BCUT2D eigenvalue weighted by atomic mass is 10.1. The molecule has 1 heterocycles. The normalized spacial score (nSPS) is 14.1. The van der Waals surface area contributed by atoms with Gasteiger partial charge in [0, 0.05) is 36.3 Å². The highest BCUT2D eigenvalue weighted by molar-refractivity contribution is 6.30. The third-order valence-electron chi connectivity index (χ3n) is 4.13. The van der Waals surface area contributed by atoms with Crippen LogP contribution in [0.25, 0.3) is 0 Å². The summed E-state index contributed by atoms with van der Waals surface area (Å²) in [4.78, 5) is 25.3. The first-order valence-electron chi connectivity index (χ1n) is 8.18. The van der Waals surface area contributed by atoms with Gasteiger partial charge >= 0.3 is 0 Å². The molecule has 2 aromatic carbocycles. The number of amides is 1. The number of morpholine rings is 1. The Morgan fingerprint density at radius 2 is 2.00 bits per heavy atom. The molecule has 0 unspecified atom stereocenters. The van der Waals surface area contributed by atoms with Crippen molar-refractivity contribution in [3.8, 4) is 0 Å². The summed E-state index contributed by atoms with van der Waals surface area (Å²) in [6.45, 7) is 2.51. The van der Waals surface area contributed by atoms with Crippen molar-refractivity contribution in [2.75, 3.05) is 31.2 Å². The molecule has 1 amide bonds. The lowest BCUT2D eigenvalue weighted by Gasteiger charge is -2.28. The van der Waals surface area contributed by atoms with Gasteiger partial charge < -0.3 is 15.0 Å². The monoisotopic (exact) mass is 375 g/mol. The highest BCUT2D eigenvalue weighted by atomic mass is 35.5. The number of anilines is 1. The van der Waals surface area contributed by atoms with Gasteiger partial charge in [0.25, 0.3) is 11.6 Å². The predicted octanol–water partition coefficient (Wildman–Crippen LogP) is 3.01. The fourth-order valence-corrected chi connectivity index (χ4v) is 3.03. The standard InChI is InChI=1S/C18H18ClN3O4/c19-15-3-1-2-13(10-15)12-20-18(23)14-4-5-16(17(11-14)22(24)25)21-6-8-26-9-7-21/h1-5,10-11H,6-9,12H2,(H,20,23). The van der Waals surface area contributed by atoms with Crippen LogP contribution in [0.3, 0.4) is 0 Å². The summed E-state index contributed by atoms with van der Waals surface area (Å²) in [6.07, 6.45) is 0. The first-order chi connectivity index (χ1) is 12.5. The lowest BCUT2D eigenvalue weighted by Crippen LogP contribution is -2.36. The average molecular weight is 376 g/mol. The van der Waals surface area contributed by atoms with Crippen molar-refractivity contribution in [3.05, 3.63) is 68.7 Å². The van der Waals surface area contributed by atoms with E-state index < -0.39 is 4.92 Å². The fraction of sp³-hybridized carbons (Fsp3) is 0.278. The summed E-state index contributed by atoms with van der Waals surface area (Å²) < 4.78 is 5.28. The first kappa shape index (κ1) is 18.2. The fourth-order valence-electron chi connectivity index (χ4n) is 2.81. The van der Waals surface area contributed by atoms with Gasteiger partial charge in [-0.3, -0.25) is 14.9 Å². The molecule has 0 bridgehead atoms. The molecular weight excluding hydrogens is 358 g/mol. The van der Waals surface area contributed by atoms with Gasteiger partial charge in [-0.25, -0.2) is 0 Å². The number of rotatable bonds is 5. The summed E-state index contributed by atoms with van der Waals surface area (Å²) in [5.74, 6) is -0.374. The zero-order chi connectivity index (χ0) is 18.5. The number of nitro benzene ring substituents is 1.